The van der Waals surface area contributed by atoms with E-state index in [2.05, 4.69) is 0 Å². The maximum absolute atomic E-state index is 0. The van der Waals surface area contributed by atoms with Crippen molar-refractivity contribution < 1.29 is 62.0 Å². The van der Waals surface area contributed by atoms with Crippen LogP contribution in [0.15, 0.2) is 0 Å². The summed E-state index contributed by atoms with van der Waals surface area (Å²) in [6, 6.07) is 0. The van der Waals surface area contributed by atoms with E-state index in [0.717, 1.165) is 0 Å². The molecule has 0 N–H and O–H groups in total. The Morgan fingerprint density at radius 2 is 0.300 bits per heavy atom. The molecule has 0 amide bonds. The third kappa shape index (κ3) is 84.6. The third-order valence-electron chi connectivity index (χ3n) is 0. The average Bonchev–Trinajstić information content (AvgIpc) is 0. The molecule has 10 heteroatoms. The van der Waals surface area contributed by atoms with Crippen molar-refractivity contribution in [1.29, 1.82) is 0 Å². The van der Waals surface area contributed by atoms with Crippen LogP contribution in [0.25, 0.3) is 0 Å². The van der Waals surface area contributed by atoms with Crippen LogP contribution in [0.5, 0.6) is 0 Å². The van der Waals surface area contributed by atoms with Crippen LogP contribution in [-0.4, -0.2) is 0 Å². The van der Waals surface area contributed by atoms with Gasteiger partial charge in [0.1, 0.15) is 0 Å². The number of halogens is 8. The van der Waals surface area contributed by atoms with Crippen LogP contribution in [0, 0.1) is 0 Å². The van der Waals surface area contributed by atoms with E-state index in [4.69, 9.17) is 0 Å². The van der Waals surface area contributed by atoms with Crippen molar-refractivity contribution in [2.75, 3.05) is 0 Å². The van der Waals surface area contributed by atoms with Gasteiger partial charge >= 0.3 is 59.1 Å². The fourth-order valence-electron chi connectivity index (χ4n) is 0. The zero-order valence-electron chi connectivity index (χ0n) is 7.27. The van der Waals surface area contributed by atoms with Gasteiger partial charge in [-0.25, -0.2) is 0 Å². The normalized spacial score (nSPS) is 0. The second-order valence-electron chi connectivity index (χ2n) is 0. The maximum Gasteiger partial charge on any atom is 1.00 e. The van der Waals surface area contributed by atoms with Crippen molar-refractivity contribution in [3.05, 3.63) is 0 Å². The molecule has 0 aromatic heterocycles. The van der Waals surface area contributed by atoms with Gasteiger partial charge in [0.25, 0.3) is 0 Å². The summed E-state index contributed by atoms with van der Waals surface area (Å²) in [6.45, 7) is 0. The van der Waals surface area contributed by atoms with E-state index in [1.807, 2.05) is 0 Å². The van der Waals surface area contributed by atoms with Gasteiger partial charge in [-0.05, 0) is 0 Å². The van der Waals surface area contributed by atoms with Crippen molar-refractivity contribution in [2.24, 2.45) is 0 Å². The Labute approximate surface area is 158 Å². The van der Waals surface area contributed by atoms with Gasteiger partial charge in [-0.15, -0.1) is 99.3 Å². The van der Waals surface area contributed by atoms with E-state index in [9.17, 15) is 0 Å². The molecule has 0 saturated carbocycles. The van der Waals surface area contributed by atoms with Crippen LogP contribution >= 0.6 is 99.3 Å². The van der Waals surface area contributed by atoms with Crippen molar-refractivity contribution in [2.45, 2.75) is 0 Å². The molecule has 0 spiro atoms. The van der Waals surface area contributed by atoms with Gasteiger partial charge < -0.3 is 2.85 Å². The van der Waals surface area contributed by atoms with Gasteiger partial charge in [-0.3, -0.25) is 0 Å². The average molecular weight is 340 g/mol. The van der Waals surface area contributed by atoms with Crippen LogP contribution in [-0.2, 0) is 0 Å². The zero-order chi connectivity index (χ0) is 0. The van der Waals surface area contributed by atoms with Crippen molar-refractivity contribution in [3.8, 4) is 0 Å². The van der Waals surface area contributed by atoms with Gasteiger partial charge in [0.15, 0.2) is 0 Å². The molecule has 0 aliphatic heterocycles. The predicted molar refractivity (Wildman–Crippen MR) is 60.2 cm³/mol. The third-order valence-corrected chi connectivity index (χ3v) is 0. The minimum atomic E-state index is 0. The van der Waals surface area contributed by atoms with Crippen molar-refractivity contribution in [1.82, 2.24) is 0 Å². The molecule has 0 rings (SSSR count). The fourth-order valence-corrected chi connectivity index (χ4v) is 0. The molecule has 0 radical (unpaired) electrons. The van der Waals surface area contributed by atoms with Crippen LogP contribution < -0.4 is 59.1 Å². The Balaban J connectivity index is 0. The first-order chi connectivity index (χ1) is 0. The molecule has 0 saturated heterocycles. The molecule has 0 atom stereocenters. The summed E-state index contributed by atoms with van der Waals surface area (Å²) in [5.41, 5.74) is 0. The molecule has 0 unspecified atom stereocenters. The maximum atomic E-state index is 0. The zero-order valence-corrected chi connectivity index (χ0v) is 15.8. The molecule has 0 bridgehead atoms. The van der Waals surface area contributed by atoms with E-state index in [1.54, 1.807) is 0 Å². The van der Waals surface area contributed by atoms with Crippen molar-refractivity contribution >= 4 is 99.3 Å². The fraction of sp³-hybridized carbons (Fsp3) is 0. The van der Waals surface area contributed by atoms with E-state index >= 15 is 0 Å². The minimum Gasteiger partial charge on any atom is -1.00 e. The molecule has 0 aromatic carbocycles. The standard InChI is InChI=1S/8ClH.2Na.2H/h8*1H;;;;/q;;;;;;;;2*+1;2*-1. The molecule has 0 nitrogen and oxygen atoms in total. The van der Waals surface area contributed by atoms with Crippen LogP contribution in [0.3, 0.4) is 0 Å². The van der Waals surface area contributed by atoms with E-state index in [-0.39, 0.29) is 161 Å². The Morgan fingerprint density at radius 3 is 0.300 bits per heavy atom. The van der Waals surface area contributed by atoms with Crippen LogP contribution in [0.1, 0.15) is 2.85 Å². The quantitative estimate of drug-likeness (QED) is 0.432. The van der Waals surface area contributed by atoms with E-state index < -0.39 is 0 Å². The first kappa shape index (κ1) is 136. The molecule has 0 aliphatic carbocycles. The van der Waals surface area contributed by atoms with Gasteiger partial charge in [0, 0.05) is 0 Å². The summed E-state index contributed by atoms with van der Waals surface area (Å²) >= 11 is 0. The summed E-state index contributed by atoms with van der Waals surface area (Å²) in [4.78, 5) is 0. The SMILES string of the molecule is Cl.Cl.Cl.Cl.Cl.Cl.Cl.Cl.[H-].[H-].[Na+].[Na+]. The molecule has 10 heavy (non-hydrogen) atoms. The van der Waals surface area contributed by atoms with Gasteiger partial charge in [-0.1, -0.05) is 0 Å². The molecule has 0 fully saturated rings. The monoisotopic (exact) mass is 336 g/mol. The summed E-state index contributed by atoms with van der Waals surface area (Å²) in [5.74, 6) is 0. The Hall–Kier alpha value is 4.32. The topological polar surface area (TPSA) is 0 Å². The van der Waals surface area contributed by atoms with Gasteiger partial charge in [0.05, 0.1) is 0 Å². The second kappa shape index (κ2) is 108. The number of rotatable bonds is 0. The molecular formula is H10Cl8Na2. The van der Waals surface area contributed by atoms with Gasteiger partial charge in [-0.2, -0.15) is 0 Å². The summed E-state index contributed by atoms with van der Waals surface area (Å²) in [6.07, 6.45) is 0. The Bertz CT molecular complexity index is 15.0. The smallest absolute Gasteiger partial charge is 1.00 e. The number of hydrogen-bond acceptors (Lipinski definition) is 0. The van der Waals surface area contributed by atoms with Gasteiger partial charge in [0.2, 0.25) is 0 Å². The molecule has 68 valence electrons. The molecule has 0 heterocycles. The summed E-state index contributed by atoms with van der Waals surface area (Å²) in [7, 11) is 0. The largest absolute Gasteiger partial charge is 1.00 e. The first-order valence-electron chi connectivity index (χ1n) is 0. The minimum absolute atomic E-state index is 0. The molecule has 0 aliphatic rings. The summed E-state index contributed by atoms with van der Waals surface area (Å²) in [5, 5.41) is 0. The number of hydrogen-bond donors (Lipinski definition) is 0. The van der Waals surface area contributed by atoms with Crippen molar-refractivity contribution in [3.63, 3.8) is 0 Å². The first-order valence-corrected chi connectivity index (χ1v) is 0. The Morgan fingerprint density at radius 1 is 0.300 bits per heavy atom. The summed E-state index contributed by atoms with van der Waals surface area (Å²) < 4.78 is 0. The van der Waals surface area contributed by atoms with Crippen LogP contribution in [0.2, 0.25) is 0 Å². The molecule has 0 aromatic rings. The molecular weight excluding hydrogens is 330 g/mol. The predicted octanol–water partition coefficient (Wildman–Crippen LogP) is -2.39. The van der Waals surface area contributed by atoms with Crippen LogP contribution in [0.4, 0.5) is 0 Å². The van der Waals surface area contributed by atoms with E-state index in [0.29, 0.717) is 0 Å². The second-order valence-corrected chi connectivity index (χ2v) is 0. The van der Waals surface area contributed by atoms with E-state index in [1.165, 1.54) is 0 Å². The Kier molecular flexibility index (Phi) is 1470.